The summed E-state index contributed by atoms with van der Waals surface area (Å²) in [6, 6.07) is 0.348. The van der Waals surface area contributed by atoms with Gasteiger partial charge in [-0.3, -0.25) is 14.6 Å². The number of hydrogen-bond acceptors (Lipinski definition) is 4. The van der Waals surface area contributed by atoms with E-state index in [0.717, 1.165) is 45.1 Å². The fourth-order valence-corrected chi connectivity index (χ4v) is 4.18. The van der Waals surface area contributed by atoms with Crippen LogP contribution in [0, 0.1) is 5.92 Å². The number of carbonyl (C=O) groups excluding carboxylic acids is 1. The van der Waals surface area contributed by atoms with Crippen LogP contribution in [-0.2, 0) is 4.79 Å². The molecule has 1 amide bonds. The first-order chi connectivity index (χ1) is 11.8. The molecule has 0 aromatic carbocycles. The van der Waals surface area contributed by atoms with Gasteiger partial charge in [-0.25, -0.2) is 0 Å². The third kappa shape index (κ3) is 5.43. The first kappa shape index (κ1) is 18.2. The number of nitrogens with zero attached hydrogens (tertiary/aromatic N) is 3. The van der Waals surface area contributed by atoms with Crippen molar-refractivity contribution < 1.29 is 9.90 Å². The van der Waals surface area contributed by atoms with Crippen LogP contribution in [0.4, 0.5) is 0 Å². The molecule has 0 unspecified atom stereocenters. The second kappa shape index (κ2) is 9.16. The van der Waals surface area contributed by atoms with Gasteiger partial charge in [0.05, 0.1) is 6.54 Å². The highest BCUT2D eigenvalue weighted by Gasteiger charge is 2.33. The molecule has 2 aliphatic heterocycles. The monoisotopic (exact) mass is 337 g/mol. The fourth-order valence-electron chi connectivity index (χ4n) is 4.18. The molecule has 1 aliphatic carbocycles. The van der Waals surface area contributed by atoms with Gasteiger partial charge in [-0.2, -0.15) is 0 Å². The molecule has 0 aromatic rings. The largest absolute Gasteiger partial charge is 0.396 e. The predicted octanol–water partition coefficient (Wildman–Crippen LogP) is 1.56. The molecule has 0 spiro atoms. The summed E-state index contributed by atoms with van der Waals surface area (Å²) < 4.78 is 0. The summed E-state index contributed by atoms with van der Waals surface area (Å²) in [6.07, 6.45) is 9.95. The lowest BCUT2D eigenvalue weighted by molar-refractivity contribution is -0.135. The van der Waals surface area contributed by atoms with Gasteiger partial charge in [0, 0.05) is 38.8 Å². The standard InChI is InChI=1S/C19H35N3O2/c23-13-8-18-15-22(12-11-21(18)14-17-6-7-17)19(24)16-20-9-4-2-1-3-5-10-20/h17-18,23H,1-16H2/t18-/m1/s1. The van der Waals surface area contributed by atoms with E-state index < -0.39 is 0 Å². The zero-order valence-electron chi connectivity index (χ0n) is 15.2. The maximum absolute atomic E-state index is 12.8. The number of hydrogen-bond donors (Lipinski definition) is 1. The van der Waals surface area contributed by atoms with Crippen molar-refractivity contribution in [3.8, 4) is 0 Å². The summed E-state index contributed by atoms with van der Waals surface area (Å²) in [5, 5.41) is 9.39. The first-order valence-electron chi connectivity index (χ1n) is 10.1. The van der Waals surface area contributed by atoms with Crippen LogP contribution < -0.4 is 0 Å². The number of piperazine rings is 1. The Hall–Kier alpha value is -0.650. The number of rotatable bonds is 6. The van der Waals surface area contributed by atoms with E-state index >= 15 is 0 Å². The molecule has 5 nitrogen and oxygen atoms in total. The molecule has 3 rings (SSSR count). The van der Waals surface area contributed by atoms with E-state index in [4.69, 9.17) is 0 Å². The van der Waals surface area contributed by atoms with Gasteiger partial charge in [-0.1, -0.05) is 19.3 Å². The van der Waals surface area contributed by atoms with Gasteiger partial charge in [0.2, 0.25) is 5.91 Å². The summed E-state index contributed by atoms with van der Waals surface area (Å²) in [6.45, 7) is 6.78. The second-order valence-corrected chi connectivity index (χ2v) is 7.99. The van der Waals surface area contributed by atoms with Crippen molar-refractivity contribution in [2.45, 2.75) is 57.4 Å². The molecule has 3 aliphatic rings. The van der Waals surface area contributed by atoms with E-state index in [1.54, 1.807) is 0 Å². The highest BCUT2D eigenvalue weighted by molar-refractivity contribution is 5.78. The van der Waals surface area contributed by atoms with Crippen molar-refractivity contribution >= 4 is 5.91 Å². The van der Waals surface area contributed by atoms with E-state index in [-0.39, 0.29) is 6.61 Å². The van der Waals surface area contributed by atoms with E-state index in [0.29, 0.717) is 18.5 Å². The summed E-state index contributed by atoms with van der Waals surface area (Å²) in [5.41, 5.74) is 0. The Morgan fingerprint density at radius 1 is 0.958 bits per heavy atom. The van der Waals surface area contributed by atoms with Crippen LogP contribution in [0.1, 0.15) is 51.4 Å². The Morgan fingerprint density at radius 3 is 2.33 bits per heavy atom. The van der Waals surface area contributed by atoms with Crippen LogP contribution in [0.25, 0.3) is 0 Å². The molecule has 2 saturated heterocycles. The lowest BCUT2D eigenvalue weighted by Crippen LogP contribution is -2.56. The lowest BCUT2D eigenvalue weighted by Gasteiger charge is -2.42. The Labute approximate surface area is 147 Å². The van der Waals surface area contributed by atoms with Crippen LogP contribution >= 0.6 is 0 Å². The third-order valence-corrected chi connectivity index (χ3v) is 5.92. The van der Waals surface area contributed by atoms with Crippen molar-refractivity contribution in [2.24, 2.45) is 5.92 Å². The number of amides is 1. The average Bonchev–Trinajstić information content (AvgIpc) is 3.35. The Balaban J connectivity index is 1.48. The average molecular weight is 338 g/mol. The van der Waals surface area contributed by atoms with Crippen LogP contribution in [0.3, 0.4) is 0 Å². The lowest BCUT2D eigenvalue weighted by atomic mass is 10.1. The van der Waals surface area contributed by atoms with Gasteiger partial charge in [-0.05, 0) is 51.1 Å². The smallest absolute Gasteiger partial charge is 0.236 e. The minimum Gasteiger partial charge on any atom is -0.396 e. The highest BCUT2D eigenvalue weighted by atomic mass is 16.3. The van der Waals surface area contributed by atoms with Gasteiger partial charge < -0.3 is 10.0 Å². The molecule has 1 atom stereocenters. The SMILES string of the molecule is O=C(CN1CCCCCCC1)N1CCN(CC2CC2)[C@H](CCO)C1. The molecule has 24 heavy (non-hydrogen) atoms. The summed E-state index contributed by atoms with van der Waals surface area (Å²) in [7, 11) is 0. The zero-order valence-corrected chi connectivity index (χ0v) is 15.2. The molecule has 1 N–H and O–H groups in total. The second-order valence-electron chi connectivity index (χ2n) is 7.99. The van der Waals surface area contributed by atoms with E-state index in [1.807, 2.05) is 0 Å². The predicted molar refractivity (Wildman–Crippen MR) is 95.9 cm³/mol. The number of aliphatic hydroxyl groups is 1. The maximum Gasteiger partial charge on any atom is 0.236 e. The normalized spacial score (nSPS) is 27.7. The quantitative estimate of drug-likeness (QED) is 0.799. The van der Waals surface area contributed by atoms with Gasteiger partial charge >= 0.3 is 0 Å². The Bertz CT molecular complexity index is 392. The number of aliphatic hydroxyl groups excluding tert-OH is 1. The molecule has 0 radical (unpaired) electrons. The molecule has 138 valence electrons. The van der Waals surface area contributed by atoms with E-state index in [9.17, 15) is 9.90 Å². The van der Waals surface area contributed by atoms with Gasteiger partial charge in [0.1, 0.15) is 0 Å². The number of likely N-dealkylation sites (tertiary alicyclic amines) is 1. The third-order valence-electron chi connectivity index (χ3n) is 5.92. The van der Waals surface area contributed by atoms with Crippen LogP contribution in [-0.4, -0.2) is 84.2 Å². The topological polar surface area (TPSA) is 47.0 Å². The molecular formula is C19H35N3O2. The highest BCUT2D eigenvalue weighted by Crippen LogP contribution is 2.31. The zero-order chi connectivity index (χ0) is 16.8. The van der Waals surface area contributed by atoms with Crippen molar-refractivity contribution in [3.05, 3.63) is 0 Å². The van der Waals surface area contributed by atoms with Crippen molar-refractivity contribution in [1.82, 2.24) is 14.7 Å². The van der Waals surface area contributed by atoms with Crippen LogP contribution in [0.15, 0.2) is 0 Å². The van der Waals surface area contributed by atoms with Crippen molar-refractivity contribution in [1.29, 1.82) is 0 Å². The van der Waals surface area contributed by atoms with Crippen molar-refractivity contribution in [3.63, 3.8) is 0 Å². The fraction of sp³-hybridized carbons (Fsp3) is 0.947. The molecule has 0 aromatic heterocycles. The van der Waals surface area contributed by atoms with Gasteiger partial charge in [0.25, 0.3) is 0 Å². The molecule has 2 heterocycles. The summed E-state index contributed by atoms with van der Waals surface area (Å²) >= 11 is 0. The molecule has 3 fully saturated rings. The molecular weight excluding hydrogens is 302 g/mol. The molecule has 1 saturated carbocycles. The minimum absolute atomic E-state index is 0.222. The van der Waals surface area contributed by atoms with E-state index in [1.165, 1.54) is 51.5 Å². The molecule has 0 bridgehead atoms. The minimum atomic E-state index is 0.222. The first-order valence-corrected chi connectivity index (χ1v) is 10.1. The summed E-state index contributed by atoms with van der Waals surface area (Å²) in [4.78, 5) is 19.7. The van der Waals surface area contributed by atoms with E-state index in [2.05, 4.69) is 14.7 Å². The Kier molecular flexibility index (Phi) is 6.93. The molecule has 5 heteroatoms. The van der Waals surface area contributed by atoms with Crippen LogP contribution in [0.5, 0.6) is 0 Å². The number of carbonyl (C=O) groups is 1. The summed E-state index contributed by atoms with van der Waals surface area (Å²) in [5.74, 6) is 1.17. The Morgan fingerprint density at radius 2 is 1.67 bits per heavy atom. The van der Waals surface area contributed by atoms with Gasteiger partial charge in [-0.15, -0.1) is 0 Å². The van der Waals surface area contributed by atoms with Gasteiger partial charge in [0.15, 0.2) is 0 Å². The van der Waals surface area contributed by atoms with Crippen molar-refractivity contribution in [2.75, 3.05) is 52.4 Å². The van der Waals surface area contributed by atoms with Crippen LogP contribution in [0.2, 0.25) is 0 Å². The maximum atomic E-state index is 12.8.